The summed E-state index contributed by atoms with van der Waals surface area (Å²) in [5.74, 6) is 0.551. The highest BCUT2D eigenvalue weighted by Gasteiger charge is 2.35. The standard InChI is InChI=1S/C33H28Cl3IN2O5S/c1-5-42-32(41)28-18(4)38-33-39(29(28)23-8-6-7-9-26(23)44-17(2)3)31(40)27(45-33)13-20-12-22(35)15-25(37)30(20)43-16-19-10-11-21(34)14-24(19)36/h6-15,17,29H,5,16H2,1-4H3/b27-13-/t29-/m0/s1. The van der Waals surface area contributed by atoms with E-state index in [1.165, 1.54) is 15.9 Å². The fourth-order valence-corrected chi connectivity index (χ4v) is 7.64. The number of carbonyl (C=O) groups excluding carboxylic acids is 1. The van der Waals surface area contributed by atoms with Gasteiger partial charge in [-0.25, -0.2) is 9.79 Å². The molecule has 45 heavy (non-hydrogen) atoms. The highest BCUT2D eigenvalue weighted by atomic mass is 127. The predicted octanol–water partition coefficient (Wildman–Crippen LogP) is 7.73. The number of nitrogens with zero attached hydrogens (tertiary/aromatic N) is 2. The molecule has 2 heterocycles. The molecular weight excluding hydrogens is 770 g/mol. The van der Waals surface area contributed by atoms with Crippen LogP contribution in [0.2, 0.25) is 15.1 Å². The first kappa shape index (κ1) is 33.5. The van der Waals surface area contributed by atoms with Crippen LogP contribution in [0.25, 0.3) is 6.08 Å². The number of aromatic nitrogens is 1. The minimum Gasteiger partial charge on any atom is -0.491 e. The van der Waals surface area contributed by atoms with Crippen molar-refractivity contribution in [3.8, 4) is 11.5 Å². The number of esters is 1. The van der Waals surface area contributed by atoms with Gasteiger partial charge in [0.1, 0.15) is 24.1 Å². The van der Waals surface area contributed by atoms with Gasteiger partial charge in [-0.05, 0) is 86.7 Å². The number of thiazole rings is 1. The van der Waals surface area contributed by atoms with Gasteiger partial charge in [0.05, 0.1) is 32.1 Å². The number of fused-ring (bicyclic) bond motifs is 1. The van der Waals surface area contributed by atoms with Crippen LogP contribution in [0.15, 0.2) is 75.7 Å². The summed E-state index contributed by atoms with van der Waals surface area (Å²) < 4.78 is 20.5. The van der Waals surface area contributed by atoms with Gasteiger partial charge in [0, 0.05) is 31.8 Å². The molecular formula is C33H28Cl3IN2O5S. The Morgan fingerprint density at radius 1 is 1.11 bits per heavy atom. The second-order valence-corrected chi connectivity index (χ2v) is 13.8. The average molecular weight is 798 g/mol. The van der Waals surface area contributed by atoms with E-state index in [2.05, 4.69) is 27.6 Å². The molecule has 3 aromatic carbocycles. The maximum absolute atomic E-state index is 14.3. The van der Waals surface area contributed by atoms with Gasteiger partial charge in [-0.1, -0.05) is 70.4 Å². The van der Waals surface area contributed by atoms with Crippen molar-refractivity contribution in [1.82, 2.24) is 4.57 Å². The van der Waals surface area contributed by atoms with E-state index in [4.69, 9.17) is 49.0 Å². The van der Waals surface area contributed by atoms with Gasteiger partial charge >= 0.3 is 5.97 Å². The van der Waals surface area contributed by atoms with Gasteiger partial charge in [-0.15, -0.1) is 0 Å². The van der Waals surface area contributed by atoms with Gasteiger partial charge in [-0.3, -0.25) is 9.36 Å². The lowest BCUT2D eigenvalue weighted by Crippen LogP contribution is -2.40. The summed E-state index contributed by atoms with van der Waals surface area (Å²) in [4.78, 5) is 32.7. The molecule has 0 amide bonds. The Morgan fingerprint density at radius 2 is 1.87 bits per heavy atom. The predicted molar refractivity (Wildman–Crippen MR) is 188 cm³/mol. The number of rotatable bonds is 9. The van der Waals surface area contributed by atoms with Crippen LogP contribution < -0.4 is 24.4 Å². The summed E-state index contributed by atoms with van der Waals surface area (Å²) in [6, 6.07) is 15.3. The van der Waals surface area contributed by atoms with E-state index >= 15 is 0 Å². The van der Waals surface area contributed by atoms with Crippen LogP contribution in [0.4, 0.5) is 0 Å². The van der Waals surface area contributed by atoms with E-state index < -0.39 is 12.0 Å². The van der Waals surface area contributed by atoms with Gasteiger partial charge < -0.3 is 14.2 Å². The fraction of sp³-hybridized carbons (Fsp3) is 0.242. The smallest absolute Gasteiger partial charge is 0.338 e. The molecule has 0 fully saturated rings. The molecule has 234 valence electrons. The third-order valence-electron chi connectivity index (χ3n) is 6.80. The summed E-state index contributed by atoms with van der Waals surface area (Å²) in [7, 11) is 0. The van der Waals surface area contributed by atoms with Crippen LogP contribution in [0, 0.1) is 3.57 Å². The molecule has 0 saturated heterocycles. The number of hydrogen-bond donors (Lipinski definition) is 0. The fourth-order valence-electron chi connectivity index (χ4n) is 4.92. The highest BCUT2D eigenvalue weighted by molar-refractivity contribution is 14.1. The van der Waals surface area contributed by atoms with Crippen molar-refractivity contribution in [2.75, 3.05) is 6.61 Å². The van der Waals surface area contributed by atoms with Crippen LogP contribution in [0.5, 0.6) is 11.5 Å². The second kappa shape index (κ2) is 14.3. The van der Waals surface area contributed by atoms with E-state index in [9.17, 15) is 9.59 Å². The lowest BCUT2D eigenvalue weighted by Gasteiger charge is -2.26. The zero-order chi connectivity index (χ0) is 32.4. The van der Waals surface area contributed by atoms with Crippen LogP contribution in [0.3, 0.4) is 0 Å². The number of benzene rings is 3. The van der Waals surface area contributed by atoms with Crippen molar-refractivity contribution >= 4 is 80.8 Å². The molecule has 4 aromatic rings. The lowest BCUT2D eigenvalue weighted by molar-refractivity contribution is -0.139. The Morgan fingerprint density at radius 3 is 2.58 bits per heavy atom. The maximum atomic E-state index is 14.3. The molecule has 1 aliphatic rings. The van der Waals surface area contributed by atoms with Crippen molar-refractivity contribution in [3.63, 3.8) is 0 Å². The number of ether oxygens (including phenoxy) is 3. The second-order valence-electron chi connectivity index (χ2n) is 10.3. The third-order valence-corrected chi connectivity index (χ3v) is 9.39. The monoisotopic (exact) mass is 796 g/mol. The number of para-hydroxylation sites is 1. The molecule has 0 spiro atoms. The first-order valence-corrected chi connectivity index (χ1v) is 17.0. The molecule has 1 aliphatic heterocycles. The summed E-state index contributed by atoms with van der Waals surface area (Å²) in [6.07, 6.45) is 1.60. The van der Waals surface area contributed by atoms with Crippen molar-refractivity contribution in [1.29, 1.82) is 0 Å². The van der Waals surface area contributed by atoms with Crippen molar-refractivity contribution in [2.45, 2.75) is 46.4 Å². The first-order chi connectivity index (χ1) is 21.5. The molecule has 1 aromatic heterocycles. The average Bonchev–Trinajstić information content (AvgIpc) is 3.26. The molecule has 7 nitrogen and oxygen atoms in total. The largest absolute Gasteiger partial charge is 0.491 e. The van der Waals surface area contributed by atoms with Crippen LogP contribution in [-0.4, -0.2) is 23.2 Å². The Balaban J connectivity index is 1.67. The van der Waals surface area contributed by atoms with Gasteiger partial charge in [0.15, 0.2) is 4.80 Å². The maximum Gasteiger partial charge on any atom is 0.338 e. The number of hydrogen-bond acceptors (Lipinski definition) is 7. The minimum atomic E-state index is -0.820. The van der Waals surface area contributed by atoms with E-state index in [1.54, 1.807) is 50.3 Å². The Kier molecular flexibility index (Phi) is 10.7. The molecule has 5 rings (SSSR count). The zero-order valence-electron chi connectivity index (χ0n) is 24.7. The third kappa shape index (κ3) is 7.28. The quantitative estimate of drug-likeness (QED) is 0.128. The van der Waals surface area contributed by atoms with E-state index in [0.29, 0.717) is 52.7 Å². The highest BCUT2D eigenvalue weighted by Crippen LogP contribution is 2.37. The molecule has 0 bridgehead atoms. The topological polar surface area (TPSA) is 79.1 Å². The normalized spacial score (nSPS) is 14.8. The first-order valence-electron chi connectivity index (χ1n) is 14.0. The summed E-state index contributed by atoms with van der Waals surface area (Å²) >= 11 is 22.3. The van der Waals surface area contributed by atoms with Crippen molar-refractivity contribution in [3.05, 3.63) is 121 Å². The Bertz CT molecular complexity index is 2000. The number of allylic oxidation sites excluding steroid dienone is 1. The lowest BCUT2D eigenvalue weighted by atomic mass is 9.95. The van der Waals surface area contributed by atoms with Crippen LogP contribution in [-0.2, 0) is 16.1 Å². The van der Waals surface area contributed by atoms with E-state index in [-0.39, 0.29) is 30.5 Å². The molecule has 1 atom stereocenters. The van der Waals surface area contributed by atoms with Gasteiger partial charge in [0.25, 0.3) is 5.56 Å². The molecule has 0 radical (unpaired) electrons. The summed E-state index contributed by atoms with van der Waals surface area (Å²) in [5.41, 5.74) is 2.41. The number of carbonyl (C=O) groups is 1. The van der Waals surface area contributed by atoms with Gasteiger partial charge in [0.2, 0.25) is 0 Å². The molecule has 0 N–H and O–H groups in total. The molecule has 0 unspecified atom stereocenters. The SMILES string of the molecule is CCOC(=O)C1=C(C)N=c2s/c(=C\c3cc(Cl)cc(I)c3OCc3ccc(Cl)cc3Cl)c(=O)n2[C@H]1c1ccccc1OC(C)C. The van der Waals surface area contributed by atoms with Crippen LogP contribution >= 0.6 is 68.7 Å². The zero-order valence-corrected chi connectivity index (χ0v) is 29.9. The molecule has 0 aliphatic carbocycles. The minimum absolute atomic E-state index is 0.135. The van der Waals surface area contributed by atoms with E-state index in [0.717, 1.165) is 9.13 Å². The summed E-state index contributed by atoms with van der Waals surface area (Å²) in [6.45, 7) is 7.67. The van der Waals surface area contributed by atoms with Crippen LogP contribution in [0.1, 0.15) is 50.4 Å². The Labute approximate surface area is 292 Å². The molecule has 12 heteroatoms. The van der Waals surface area contributed by atoms with E-state index in [1.807, 2.05) is 38.1 Å². The Hall–Kier alpha value is -2.83. The van der Waals surface area contributed by atoms with Crippen molar-refractivity contribution in [2.24, 2.45) is 4.99 Å². The molecule has 0 saturated carbocycles. The summed E-state index contributed by atoms with van der Waals surface area (Å²) in [5, 5.41) is 1.49. The van der Waals surface area contributed by atoms with Crippen molar-refractivity contribution < 1.29 is 19.0 Å². The number of halogens is 4. The van der Waals surface area contributed by atoms with Gasteiger partial charge in [-0.2, -0.15) is 0 Å².